The number of unbranched alkanes of at least 4 members (excludes halogenated alkanes) is 8. The smallest absolute Gasteiger partial charge is 0.306 e. The number of hydrogen-bond acceptors (Lipinski definition) is 4. The Morgan fingerprint density at radius 3 is 2.17 bits per heavy atom. The summed E-state index contributed by atoms with van der Waals surface area (Å²) in [4.78, 5) is 23.8. The number of ether oxygens (including phenoxy) is 1. The van der Waals surface area contributed by atoms with Crippen LogP contribution in [0.25, 0.3) is 0 Å². The van der Waals surface area contributed by atoms with Gasteiger partial charge in [0, 0.05) is 19.3 Å². The highest BCUT2D eigenvalue weighted by atomic mass is 16.5. The van der Waals surface area contributed by atoms with Crippen LogP contribution >= 0.6 is 0 Å². The van der Waals surface area contributed by atoms with Crippen molar-refractivity contribution in [2.45, 2.75) is 136 Å². The summed E-state index contributed by atoms with van der Waals surface area (Å²) in [6.07, 6.45) is 17.5. The fraction of sp³-hybridized carbons (Fsp3) is 0.840. The van der Waals surface area contributed by atoms with E-state index in [4.69, 9.17) is 4.74 Å². The van der Waals surface area contributed by atoms with E-state index in [0.29, 0.717) is 25.7 Å². The molecular weight excluding hydrogens is 364 g/mol. The van der Waals surface area contributed by atoms with Crippen molar-refractivity contribution in [3.8, 4) is 0 Å². The average molecular weight is 411 g/mol. The quantitative estimate of drug-likeness (QED) is 0.146. The molecule has 0 spiro atoms. The molecule has 29 heavy (non-hydrogen) atoms. The highest BCUT2D eigenvalue weighted by Crippen LogP contribution is 2.24. The minimum Gasteiger partial charge on any atom is -0.463 e. The molecule has 1 atom stereocenters. The molecule has 0 heterocycles. The Morgan fingerprint density at radius 1 is 0.862 bits per heavy atom. The molecule has 0 aromatic rings. The molecule has 0 aromatic heterocycles. The first-order valence-corrected chi connectivity index (χ1v) is 12.0. The molecule has 0 saturated heterocycles. The van der Waals surface area contributed by atoms with E-state index in [-0.39, 0.29) is 17.9 Å². The van der Waals surface area contributed by atoms with Gasteiger partial charge in [0.25, 0.3) is 0 Å². The normalized spacial score (nSPS) is 13.7. The van der Waals surface area contributed by atoms with Crippen LogP contribution in [0.2, 0.25) is 0 Å². The van der Waals surface area contributed by atoms with Gasteiger partial charge >= 0.3 is 5.97 Å². The maximum absolute atomic E-state index is 12.4. The third-order valence-corrected chi connectivity index (χ3v) is 5.18. The van der Waals surface area contributed by atoms with Gasteiger partial charge in [-0.05, 0) is 46.0 Å². The minimum absolute atomic E-state index is 0.00265. The van der Waals surface area contributed by atoms with Crippen LogP contribution < -0.4 is 0 Å². The van der Waals surface area contributed by atoms with Crippen molar-refractivity contribution in [1.29, 1.82) is 0 Å². The van der Waals surface area contributed by atoms with Gasteiger partial charge in [-0.2, -0.15) is 0 Å². The van der Waals surface area contributed by atoms with Crippen LogP contribution in [-0.4, -0.2) is 28.6 Å². The van der Waals surface area contributed by atoms with Gasteiger partial charge in [-0.3, -0.25) is 9.59 Å². The van der Waals surface area contributed by atoms with Gasteiger partial charge in [0.15, 0.2) is 5.78 Å². The molecule has 0 aliphatic rings. The molecule has 170 valence electrons. The average Bonchev–Trinajstić information content (AvgIpc) is 2.66. The van der Waals surface area contributed by atoms with E-state index in [0.717, 1.165) is 70.6 Å². The molecule has 0 amide bonds. The van der Waals surface area contributed by atoms with Crippen LogP contribution in [0, 0.1) is 0 Å². The first kappa shape index (κ1) is 27.8. The van der Waals surface area contributed by atoms with E-state index in [9.17, 15) is 14.7 Å². The predicted molar refractivity (Wildman–Crippen MR) is 121 cm³/mol. The molecule has 0 radical (unpaired) electrons. The third kappa shape index (κ3) is 15.4. The monoisotopic (exact) mass is 410 g/mol. The molecule has 0 aliphatic heterocycles. The van der Waals surface area contributed by atoms with Crippen LogP contribution in [-0.2, 0) is 14.3 Å². The van der Waals surface area contributed by atoms with Gasteiger partial charge in [-0.15, -0.1) is 0 Å². The first-order chi connectivity index (χ1) is 13.9. The maximum atomic E-state index is 12.4. The van der Waals surface area contributed by atoms with E-state index in [1.54, 1.807) is 0 Å². The van der Waals surface area contributed by atoms with Crippen LogP contribution in [0.15, 0.2) is 12.2 Å². The summed E-state index contributed by atoms with van der Waals surface area (Å²) < 4.78 is 5.13. The molecule has 0 aromatic carbocycles. The summed E-state index contributed by atoms with van der Waals surface area (Å²) in [5.74, 6) is -0.0973. The van der Waals surface area contributed by atoms with E-state index >= 15 is 0 Å². The Balaban J connectivity index is 4.00. The Bertz CT molecular complexity index is 456. The van der Waals surface area contributed by atoms with Crippen LogP contribution in [0.5, 0.6) is 0 Å². The lowest BCUT2D eigenvalue weighted by atomic mass is 9.86. The van der Waals surface area contributed by atoms with Gasteiger partial charge in [-0.1, -0.05) is 70.9 Å². The highest BCUT2D eigenvalue weighted by Gasteiger charge is 2.32. The Kier molecular flexibility index (Phi) is 17.0. The Hall–Kier alpha value is -1.16. The Morgan fingerprint density at radius 2 is 1.52 bits per heavy atom. The fourth-order valence-corrected chi connectivity index (χ4v) is 3.44. The van der Waals surface area contributed by atoms with Crippen molar-refractivity contribution in [2.75, 3.05) is 0 Å². The standard InChI is InChI=1S/C25H46O4/c1-5-7-8-16-20-25(28,23(26)18-6-2)21-17-14-12-10-9-11-13-15-19-24(27)29-22(3)4/h14,17,22,28H,5-13,15-16,18-21H2,1-4H3/b17-14-/t25-/m1/s1. The number of carbonyl (C=O) groups excluding carboxylic acids is 2. The number of allylic oxidation sites excluding steroid dienone is 1. The molecule has 0 saturated carbocycles. The van der Waals surface area contributed by atoms with Crippen molar-refractivity contribution < 1.29 is 19.4 Å². The summed E-state index contributed by atoms with van der Waals surface area (Å²) >= 11 is 0. The van der Waals surface area contributed by atoms with Crippen LogP contribution in [0.3, 0.4) is 0 Å². The maximum Gasteiger partial charge on any atom is 0.306 e. The zero-order valence-corrected chi connectivity index (χ0v) is 19.5. The van der Waals surface area contributed by atoms with Crippen molar-refractivity contribution in [1.82, 2.24) is 0 Å². The van der Waals surface area contributed by atoms with Crippen molar-refractivity contribution in [3.63, 3.8) is 0 Å². The summed E-state index contributed by atoms with van der Waals surface area (Å²) in [6, 6.07) is 0. The second-order valence-electron chi connectivity index (χ2n) is 8.54. The van der Waals surface area contributed by atoms with Gasteiger partial charge in [0.2, 0.25) is 0 Å². The number of carbonyl (C=O) groups is 2. The molecule has 4 nitrogen and oxygen atoms in total. The van der Waals surface area contributed by atoms with Gasteiger partial charge in [0.05, 0.1) is 6.10 Å². The lowest BCUT2D eigenvalue weighted by molar-refractivity contribution is -0.147. The minimum atomic E-state index is -1.18. The summed E-state index contributed by atoms with van der Waals surface area (Å²) in [5.41, 5.74) is -1.18. The zero-order valence-electron chi connectivity index (χ0n) is 19.5. The number of hydrogen-bond donors (Lipinski definition) is 1. The van der Waals surface area contributed by atoms with Crippen molar-refractivity contribution >= 4 is 11.8 Å². The van der Waals surface area contributed by atoms with Crippen LogP contribution in [0.4, 0.5) is 0 Å². The fourth-order valence-electron chi connectivity index (χ4n) is 3.44. The molecule has 0 unspecified atom stereocenters. The van der Waals surface area contributed by atoms with Gasteiger partial charge in [-0.25, -0.2) is 0 Å². The topological polar surface area (TPSA) is 63.6 Å². The summed E-state index contributed by atoms with van der Waals surface area (Å²) in [5, 5.41) is 10.9. The summed E-state index contributed by atoms with van der Waals surface area (Å²) in [7, 11) is 0. The third-order valence-electron chi connectivity index (χ3n) is 5.18. The molecule has 1 N–H and O–H groups in total. The van der Waals surface area contributed by atoms with E-state index in [2.05, 4.69) is 13.0 Å². The van der Waals surface area contributed by atoms with E-state index in [1.807, 2.05) is 26.8 Å². The largest absolute Gasteiger partial charge is 0.463 e. The molecular formula is C25H46O4. The highest BCUT2D eigenvalue weighted by molar-refractivity contribution is 5.87. The second-order valence-corrected chi connectivity index (χ2v) is 8.54. The van der Waals surface area contributed by atoms with Gasteiger partial charge < -0.3 is 9.84 Å². The lowest BCUT2D eigenvalue weighted by Crippen LogP contribution is -2.38. The predicted octanol–water partition coefficient (Wildman–Crippen LogP) is 6.69. The van der Waals surface area contributed by atoms with Crippen molar-refractivity contribution in [3.05, 3.63) is 12.2 Å². The SMILES string of the molecule is CCCCCC[C@@](O)(C/C=C\CCCCCCCC(=O)OC(C)C)C(=O)CCC. The number of Topliss-reactive ketones (excluding diaryl/α,β-unsaturated/α-hetero) is 1. The Labute approximate surface area is 179 Å². The number of ketones is 1. The first-order valence-electron chi connectivity index (χ1n) is 12.0. The number of rotatable bonds is 19. The zero-order chi connectivity index (χ0) is 22.0. The molecule has 0 rings (SSSR count). The number of esters is 1. The van der Waals surface area contributed by atoms with Crippen molar-refractivity contribution in [2.24, 2.45) is 0 Å². The molecule has 0 fully saturated rings. The number of aliphatic hydroxyl groups is 1. The summed E-state index contributed by atoms with van der Waals surface area (Å²) in [6.45, 7) is 7.90. The van der Waals surface area contributed by atoms with Gasteiger partial charge in [0.1, 0.15) is 5.60 Å². The van der Waals surface area contributed by atoms with E-state index in [1.165, 1.54) is 0 Å². The molecule has 4 heteroatoms. The van der Waals surface area contributed by atoms with E-state index < -0.39 is 5.60 Å². The molecule has 0 aliphatic carbocycles. The lowest BCUT2D eigenvalue weighted by Gasteiger charge is -2.25. The van der Waals surface area contributed by atoms with Crippen LogP contribution in [0.1, 0.15) is 124 Å². The molecule has 0 bridgehead atoms. The second kappa shape index (κ2) is 17.7.